The predicted molar refractivity (Wildman–Crippen MR) is 84.1 cm³/mol. The molecule has 0 spiro atoms. The third-order valence-electron chi connectivity index (χ3n) is 3.40. The zero-order valence-corrected chi connectivity index (χ0v) is 14.2. The highest BCUT2D eigenvalue weighted by Gasteiger charge is 2.27. The second kappa shape index (κ2) is 7.12. The topological polar surface area (TPSA) is 84.8 Å². The number of carbonyl (C=O) groups excluding carboxylic acids is 1. The van der Waals surface area contributed by atoms with Crippen molar-refractivity contribution in [1.29, 1.82) is 0 Å². The van der Waals surface area contributed by atoms with Crippen molar-refractivity contribution in [3.8, 4) is 5.88 Å². The highest BCUT2D eigenvalue weighted by Crippen LogP contribution is 2.20. The first-order valence-corrected chi connectivity index (χ1v) is 7.90. The maximum Gasteiger partial charge on any atom is 0.410 e. The monoisotopic (exact) mass is 323 g/mol. The van der Waals surface area contributed by atoms with Gasteiger partial charge < -0.3 is 19.5 Å². The zero-order chi connectivity index (χ0) is 17.0. The van der Waals surface area contributed by atoms with E-state index in [-0.39, 0.29) is 12.2 Å². The second-order valence-electron chi connectivity index (χ2n) is 6.71. The molecule has 128 valence electrons. The van der Waals surface area contributed by atoms with Crippen LogP contribution in [0, 0.1) is 0 Å². The van der Waals surface area contributed by atoms with Gasteiger partial charge in [-0.3, -0.25) is 0 Å². The summed E-state index contributed by atoms with van der Waals surface area (Å²) in [4.78, 5) is 21.9. The number of aromatic nitrogens is 2. The molecule has 1 N–H and O–H groups in total. The molecule has 7 heteroatoms. The summed E-state index contributed by atoms with van der Waals surface area (Å²) in [7, 11) is 0. The molecule has 1 saturated heterocycles. The lowest BCUT2D eigenvalue weighted by atomic mass is 10.1. The van der Waals surface area contributed by atoms with Gasteiger partial charge in [-0.05, 0) is 27.7 Å². The summed E-state index contributed by atoms with van der Waals surface area (Å²) in [6.45, 7) is 8.36. The van der Waals surface area contributed by atoms with Crippen molar-refractivity contribution in [2.75, 3.05) is 13.1 Å². The van der Waals surface area contributed by atoms with Gasteiger partial charge in [0.15, 0.2) is 5.82 Å². The van der Waals surface area contributed by atoms with Crippen LogP contribution in [0.15, 0.2) is 12.3 Å². The van der Waals surface area contributed by atoms with Crippen molar-refractivity contribution in [3.05, 3.63) is 18.1 Å². The first kappa shape index (κ1) is 17.5. The Bertz CT molecular complexity index is 534. The van der Waals surface area contributed by atoms with Crippen LogP contribution in [-0.4, -0.2) is 50.9 Å². The molecule has 0 aromatic carbocycles. The highest BCUT2D eigenvalue weighted by atomic mass is 16.6. The molecule has 0 bridgehead atoms. The number of aliphatic hydroxyl groups is 1. The molecule has 1 aliphatic rings. The Kier molecular flexibility index (Phi) is 5.41. The average Bonchev–Trinajstić information content (AvgIpc) is 2.46. The highest BCUT2D eigenvalue weighted by molar-refractivity contribution is 5.68. The number of aliphatic hydroxyl groups excluding tert-OH is 1. The van der Waals surface area contributed by atoms with Gasteiger partial charge in [-0.25, -0.2) is 9.78 Å². The van der Waals surface area contributed by atoms with Crippen LogP contribution in [0.5, 0.6) is 5.88 Å². The maximum absolute atomic E-state index is 12.0. The van der Waals surface area contributed by atoms with E-state index in [1.165, 1.54) is 0 Å². The van der Waals surface area contributed by atoms with Crippen LogP contribution >= 0.6 is 0 Å². The van der Waals surface area contributed by atoms with E-state index in [9.17, 15) is 9.90 Å². The molecule has 0 saturated carbocycles. The smallest absolute Gasteiger partial charge is 0.410 e. The van der Waals surface area contributed by atoms with Crippen molar-refractivity contribution in [2.24, 2.45) is 0 Å². The fraction of sp³-hybridized carbons (Fsp3) is 0.688. The molecule has 1 aliphatic heterocycles. The standard InChI is InChI=1S/C16H25N3O4/c1-11(20)14-17-8-5-13(18-14)22-12-6-9-19(10-7-12)15(21)23-16(2,3)4/h5,8,11-12,20H,6-7,9-10H2,1-4H3. The third-order valence-corrected chi connectivity index (χ3v) is 3.40. The molecule has 0 radical (unpaired) electrons. The molecular weight excluding hydrogens is 298 g/mol. The number of piperidine rings is 1. The van der Waals surface area contributed by atoms with Crippen LogP contribution < -0.4 is 4.74 Å². The Balaban J connectivity index is 1.85. The van der Waals surface area contributed by atoms with Gasteiger partial charge >= 0.3 is 6.09 Å². The van der Waals surface area contributed by atoms with Gasteiger partial charge in [0.1, 0.15) is 17.8 Å². The molecule has 1 aromatic rings. The fourth-order valence-electron chi connectivity index (χ4n) is 2.28. The van der Waals surface area contributed by atoms with Gasteiger partial charge in [0.25, 0.3) is 0 Å². The van der Waals surface area contributed by atoms with E-state index in [0.717, 1.165) is 0 Å². The van der Waals surface area contributed by atoms with E-state index in [1.54, 1.807) is 24.1 Å². The molecule has 2 rings (SSSR count). The number of hydrogen-bond acceptors (Lipinski definition) is 6. The minimum Gasteiger partial charge on any atom is -0.474 e. The molecular formula is C16H25N3O4. The summed E-state index contributed by atoms with van der Waals surface area (Å²) < 4.78 is 11.2. The van der Waals surface area contributed by atoms with Gasteiger partial charge in [-0.15, -0.1) is 0 Å². The molecule has 1 aromatic heterocycles. The summed E-state index contributed by atoms with van der Waals surface area (Å²) in [5.41, 5.74) is -0.483. The molecule has 0 aliphatic carbocycles. The van der Waals surface area contributed by atoms with Crippen LogP contribution in [0.25, 0.3) is 0 Å². The van der Waals surface area contributed by atoms with Crippen molar-refractivity contribution in [2.45, 2.75) is 58.3 Å². The van der Waals surface area contributed by atoms with Crippen LogP contribution in [0.4, 0.5) is 4.79 Å². The molecule has 1 amide bonds. The van der Waals surface area contributed by atoms with Crippen LogP contribution in [0.2, 0.25) is 0 Å². The molecule has 1 fully saturated rings. The lowest BCUT2D eigenvalue weighted by Gasteiger charge is -2.33. The molecule has 1 unspecified atom stereocenters. The van der Waals surface area contributed by atoms with E-state index < -0.39 is 11.7 Å². The first-order valence-electron chi connectivity index (χ1n) is 7.90. The summed E-state index contributed by atoms with van der Waals surface area (Å²) >= 11 is 0. The second-order valence-corrected chi connectivity index (χ2v) is 6.71. The minimum atomic E-state index is -0.729. The number of rotatable bonds is 3. The lowest BCUT2D eigenvalue weighted by molar-refractivity contribution is 0.0122. The van der Waals surface area contributed by atoms with E-state index in [0.29, 0.717) is 37.6 Å². The third kappa shape index (κ3) is 5.35. The Morgan fingerprint density at radius 3 is 2.61 bits per heavy atom. The van der Waals surface area contributed by atoms with Gasteiger partial charge in [-0.1, -0.05) is 0 Å². The molecule has 23 heavy (non-hydrogen) atoms. The number of amides is 1. The first-order chi connectivity index (χ1) is 10.7. The quantitative estimate of drug-likeness (QED) is 0.919. The van der Waals surface area contributed by atoms with E-state index in [1.807, 2.05) is 20.8 Å². The normalized spacial score (nSPS) is 17.7. The van der Waals surface area contributed by atoms with Gasteiger partial charge in [0, 0.05) is 38.2 Å². The number of hydrogen-bond donors (Lipinski definition) is 1. The Morgan fingerprint density at radius 1 is 1.39 bits per heavy atom. The zero-order valence-electron chi connectivity index (χ0n) is 14.2. The summed E-state index contributed by atoms with van der Waals surface area (Å²) in [6, 6.07) is 1.67. The molecule has 7 nitrogen and oxygen atoms in total. The minimum absolute atomic E-state index is 0.00886. The van der Waals surface area contributed by atoms with Crippen molar-refractivity contribution >= 4 is 6.09 Å². The Hall–Kier alpha value is -1.89. The lowest BCUT2D eigenvalue weighted by Crippen LogP contribution is -2.44. The number of likely N-dealkylation sites (tertiary alicyclic amines) is 1. The summed E-state index contributed by atoms with van der Waals surface area (Å²) in [6.07, 6.45) is 1.98. The number of carbonyl (C=O) groups is 1. The van der Waals surface area contributed by atoms with Crippen LogP contribution in [0.1, 0.15) is 52.5 Å². The van der Waals surface area contributed by atoms with Gasteiger partial charge in [-0.2, -0.15) is 4.98 Å². The Labute approximate surface area is 136 Å². The molecule has 2 heterocycles. The van der Waals surface area contributed by atoms with Gasteiger partial charge in [0.05, 0.1) is 0 Å². The van der Waals surface area contributed by atoms with Crippen LogP contribution in [-0.2, 0) is 4.74 Å². The predicted octanol–water partition coefficient (Wildman–Crippen LogP) is 2.31. The maximum atomic E-state index is 12.0. The SMILES string of the molecule is CC(O)c1nccc(OC2CCN(C(=O)OC(C)(C)C)CC2)n1. The van der Waals surface area contributed by atoms with E-state index >= 15 is 0 Å². The fourth-order valence-corrected chi connectivity index (χ4v) is 2.28. The van der Waals surface area contributed by atoms with Crippen LogP contribution in [0.3, 0.4) is 0 Å². The molecule has 1 atom stereocenters. The number of nitrogens with zero attached hydrogens (tertiary/aromatic N) is 3. The summed E-state index contributed by atoms with van der Waals surface area (Å²) in [5, 5.41) is 9.50. The van der Waals surface area contributed by atoms with Crippen molar-refractivity contribution < 1.29 is 19.4 Å². The summed E-state index contributed by atoms with van der Waals surface area (Å²) in [5.74, 6) is 0.792. The number of ether oxygens (including phenoxy) is 2. The van der Waals surface area contributed by atoms with E-state index in [4.69, 9.17) is 9.47 Å². The Morgan fingerprint density at radius 2 is 2.04 bits per heavy atom. The average molecular weight is 323 g/mol. The van der Waals surface area contributed by atoms with E-state index in [2.05, 4.69) is 9.97 Å². The van der Waals surface area contributed by atoms with Gasteiger partial charge in [0.2, 0.25) is 5.88 Å². The largest absolute Gasteiger partial charge is 0.474 e. The van der Waals surface area contributed by atoms with Crippen molar-refractivity contribution in [1.82, 2.24) is 14.9 Å². The van der Waals surface area contributed by atoms with Crippen molar-refractivity contribution in [3.63, 3.8) is 0 Å².